The standard InChI is InChI=1S/C21H24F3N3O4S/c1-5-27(6-2)32(30,31)16-9-7-13(3)17(12-16)20(29)26-19-11-15(21(22,23)24)8-10-18(19)25-14(4)28/h7-12H,5-6H2,1-4H3,(H,25,28)(H,26,29). The Morgan fingerprint density at radius 1 is 0.969 bits per heavy atom. The van der Waals surface area contributed by atoms with Crippen molar-refractivity contribution < 1.29 is 31.2 Å². The predicted octanol–water partition coefficient (Wildman–Crippen LogP) is 4.26. The van der Waals surface area contributed by atoms with Crippen LogP contribution in [0.3, 0.4) is 0 Å². The van der Waals surface area contributed by atoms with E-state index in [1.165, 1.54) is 29.4 Å². The lowest BCUT2D eigenvalue weighted by atomic mass is 10.1. The molecule has 0 atom stereocenters. The van der Waals surface area contributed by atoms with E-state index in [-0.39, 0.29) is 34.9 Å². The second-order valence-electron chi connectivity index (χ2n) is 6.96. The number of nitrogens with one attached hydrogen (secondary N) is 2. The van der Waals surface area contributed by atoms with Crippen LogP contribution in [-0.4, -0.2) is 37.6 Å². The molecule has 11 heteroatoms. The van der Waals surface area contributed by atoms with Crippen molar-refractivity contribution in [1.82, 2.24) is 4.31 Å². The van der Waals surface area contributed by atoms with Crippen LogP contribution in [0, 0.1) is 6.92 Å². The van der Waals surface area contributed by atoms with Gasteiger partial charge in [0.1, 0.15) is 0 Å². The minimum atomic E-state index is -4.66. The highest BCUT2D eigenvalue weighted by atomic mass is 32.2. The van der Waals surface area contributed by atoms with Gasteiger partial charge in [0, 0.05) is 25.6 Å². The van der Waals surface area contributed by atoms with E-state index < -0.39 is 33.6 Å². The number of rotatable bonds is 7. The van der Waals surface area contributed by atoms with Crippen molar-refractivity contribution in [2.75, 3.05) is 23.7 Å². The van der Waals surface area contributed by atoms with Gasteiger partial charge >= 0.3 is 6.18 Å². The molecule has 2 rings (SSSR count). The van der Waals surface area contributed by atoms with Crippen LogP contribution in [0.4, 0.5) is 24.5 Å². The molecule has 2 aromatic rings. The molecule has 2 aromatic carbocycles. The van der Waals surface area contributed by atoms with E-state index in [9.17, 15) is 31.2 Å². The molecule has 0 heterocycles. The Bertz CT molecular complexity index is 1130. The van der Waals surface area contributed by atoms with Crippen molar-refractivity contribution in [3.8, 4) is 0 Å². The molecule has 0 bridgehead atoms. The Hall–Kier alpha value is -2.92. The minimum Gasteiger partial charge on any atom is -0.325 e. The predicted molar refractivity (Wildman–Crippen MR) is 115 cm³/mol. The molecule has 0 aromatic heterocycles. The van der Waals surface area contributed by atoms with Crippen LogP contribution in [0.5, 0.6) is 0 Å². The van der Waals surface area contributed by atoms with Crippen molar-refractivity contribution in [2.45, 2.75) is 38.8 Å². The molecule has 0 spiro atoms. The maximum Gasteiger partial charge on any atom is 0.416 e. The van der Waals surface area contributed by atoms with E-state index in [0.717, 1.165) is 12.1 Å². The average molecular weight is 472 g/mol. The summed E-state index contributed by atoms with van der Waals surface area (Å²) in [5, 5.41) is 4.73. The quantitative estimate of drug-likeness (QED) is 0.631. The third-order valence-electron chi connectivity index (χ3n) is 4.70. The summed E-state index contributed by atoms with van der Waals surface area (Å²) in [5.74, 6) is -1.35. The minimum absolute atomic E-state index is 0.0237. The zero-order chi connectivity index (χ0) is 24.3. The summed E-state index contributed by atoms with van der Waals surface area (Å²) in [4.78, 5) is 24.2. The number of amides is 2. The number of halogens is 3. The summed E-state index contributed by atoms with van der Waals surface area (Å²) in [5.41, 5.74) is -0.908. The van der Waals surface area contributed by atoms with E-state index in [1.807, 2.05) is 0 Å². The van der Waals surface area contributed by atoms with Gasteiger partial charge in [-0.3, -0.25) is 9.59 Å². The summed E-state index contributed by atoms with van der Waals surface area (Å²) < 4.78 is 66.2. The maximum absolute atomic E-state index is 13.1. The number of alkyl halides is 3. The van der Waals surface area contributed by atoms with Gasteiger partial charge in [-0.05, 0) is 42.8 Å². The van der Waals surface area contributed by atoms with E-state index in [2.05, 4.69) is 10.6 Å². The number of benzene rings is 2. The normalized spacial score (nSPS) is 12.0. The molecule has 0 aliphatic carbocycles. The highest BCUT2D eigenvalue weighted by Gasteiger charge is 2.31. The fourth-order valence-electron chi connectivity index (χ4n) is 3.03. The second kappa shape index (κ2) is 9.70. The number of anilines is 2. The first-order valence-corrected chi connectivity index (χ1v) is 11.2. The smallest absolute Gasteiger partial charge is 0.325 e. The molecule has 0 aliphatic rings. The third-order valence-corrected chi connectivity index (χ3v) is 6.75. The van der Waals surface area contributed by atoms with Gasteiger partial charge in [0.05, 0.1) is 21.8 Å². The van der Waals surface area contributed by atoms with E-state index >= 15 is 0 Å². The monoisotopic (exact) mass is 471 g/mol. The Labute approximate surface area is 184 Å². The van der Waals surface area contributed by atoms with Crippen LogP contribution < -0.4 is 10.6 Å². The summed E-state index contributed by atoms with van der Waals surface area (Å²) in [6.07, 6.45) is -4.66. The number of sulfonamides is 1. The van der Waals surface area contributed by atoms with Crippen molar-refractivity contribution in [3.05, 3.63) is 53.1 Å². The van der Waals surface area contributed by atoms with E-state index in [0.29, 0.717) is 11.6 Å². The fraction of sp³-hybridized carbons (Fsp3) is 0.333. The summed E-state index contributed by atoms with van der Waals surface area (Å²) in [6.45, 7) is 6.58. The van der Waals surface area contributed by atoms with Gasteiger partial charge in [-0.2, -0.15) is 17.5 Å². The molecule has 0 unspecified atom stereocenters. The first-order chi connectivity index (χ1) is 14.8. The lowest BCUT2D eigenvalue weighted by Crippen LogP contribution is -2.30. The number of hydrogen-bond donors (Lipinski definition) is 2. The molecule has 0 radical (unpaired) electrons. The molecular formula is C21H24F3N3O4S. The molecule has 2 N–H and O–H groups in total. The highest BCUT2D eigenvalue weighted by molar-refractivity contribution is 7.89. The topological polar surface area (TPSA) is 95.6 Å². The number of carbonyl (C=O) groups is 2. The Morgan fingerprint density at radius 2 is 1.59 bits per heavy atom. The number of carbonyl (C=O) groups excluding carboxylic acids is 2. The molecule has 0 aliphatic heterocycles. The molecule has 0 fully saturated rings. The van der Waals surface area contributed by atoms with Gasteiger partial charge < -0.3 is 10.6 Å². The van der Waals surface area contributed by atoms with Crippen LogP contribution in [0.25, 0.3) is 0 Å². The van der Waals surface area contributed by atoms with Gasteiger partial charge in [0.25, 0.3) is 5.91 Å². The number of aryl methyl sites for hydroxylation is 1. The molecule has 174 valence electrons. The van der Waals surface area contributed by atoms with Gasteiger partial charge in [-0.15, -0.1) is 0 Å². The zero-order valence-electron chi connectivity index (χ0n) is 18.0. The Kier molecular flexibility index (Phi) is 7.68. The van der Waals surface area contributed by atoms with Gasteiger partial charge in [-0.25, -0.2) is 8.42 Å². The highest BCUT2D eigenvalue weighted by Crippen LogP contribution is 2.34. The number of nitrogens with zero attached hydrogens (tertiary/aromatic N) is 1. The summed E-state index contributed by atoms with van der Waals surface area (Å²) in [6, 6.07) is 6.52. The van der Waals surface area contributed by atoms with Crippen molar-refractivity contribution in [2.24, 2.45) is 0 Å². The van der Waals surface area contributed by atoms with Crippen molar-refractivity contribution in [3.63, 3.8) is 0 Å². The molecular weight excluding hydrogens is 447 g/mol. The van der Waals surface area contributed by atoms with Crippen molar-refractivity contribution in [1.29, 1.82) is 0 Å². The van der Waals surface area contributed by atoms with Gasteiger partial charge in [0.2, 0.25) is 15.9 Å². The van der Waals surface area contributed by atoms with Crippen LogP contribution in [-0.2, 0) is 21.0 Å². The first kappa shape index (κ1) is 25.3. The molecule has 0 saturated heterocycles. The van der Waals surface area contributed by atoms with Gasteiger partial charge in [0.15, 0.2) is 0 Å². The average Bonchev–Trinajstić information content (AvgIpc) is 2.68. The van der Waals surface area contributed by atoms with E-state index in [4.69, 9.17) is 0 Å². The Balaban J connectivity index is 2.50. The number of hydrogen-bond acceptors (Lipinski definition) is 4. The Morgan fingerprint density at radius 3 is 2.12 bits per heavy atom. The van der Waals surface area contributed by atoms with Crippen LogP contribution >= 0.6 is 0 Å². The van der Waals surface area contributed by atoms with Crippen LogP contribution in [0.1, 0.15) is 42.3 Å². The SMILES string of the molecule is CCN(CC)S(=O)(=O)c1ccc(C)c(C(=O)Nc2cc(C(F)(F)F)ccc2NC(C)=O)c1. The molecule has 2 amide bonds. The second-order valence-corrected chi connectivity index (χ2v) is 8.90. The largest absolute Gasteiger partial charge is 0.416 e. The zero-order valence-corrected chi connectivity index (χ0v) is 18.8. The fourth-order valence-corrected chi connectivity index (χ4v) is 4.52. The van der Waals surface area contributed by atoms with Crippen LogP contribution in [0.2, 0.25) is 0 Å². The summed E-state index contributed by atoms with van der Waals surface area (Å²) in [7, 11) is -3.85. The lowest BCUT2D eigenvalue weighted by Gasteiger charge is -2.19. The first-order valence-electron chi connectivity index (χ1n) is 9.72. The summed E-state index contributed by atoms with van der Waals surface area (Å²) >= 11 is 0. The molecule has 32 heavy (non-hydrogen) atoms. The van der Waals surface area contributed by atoms with Crippen LogP contribution in [0.15, 0.2) is 41.3 Å². The van der Waals surface area contributed by atoms with Gasteiger partial charge in [-0.1, -0.05) is 19.9 Å². The third kappa shape index (κ3) is 5.65. The van der Waals surface area contributed by atoms with Crippen molar-refractivity contribution >= 4 is 33.2 Å². The lowest BCUT2D eigenvalue weighted by molar-refractivity contribution is -0.137. The molecule has 7 nitrogen and oxygen atoms in total. The molecule has 0 saturated carbocycles. The van der Waals surface area contributed by atoms with E-state index in [1.54, 1.807) is 20.8 Å². The maximum atomic E-state index is 13.1.